The number of nitrogens with one attached hydrogen (secondary N) is 1. The predicted molar refractivity (Wildman–Crippen MR) is 122 cm³/mol. The Labute approximate surface area is 185 Å². The maximum atomic E-state index is 13.1. The molecule has 0 aromatic heterocycles. The minimum atomic E-state index is -0.507. The Kier molecular flexibility index (Phi) is 9.54. The lowest BCUT2D eigenvalue weighted by molar-refractivity contribution is -0.139. The number of benzene rings is 2. The Morgan fingerprint density at radius 3 is 2.52 bits per heavy atom. The van der Waals surface area contributed by atoms with Gasteiger partial charge in [-0.2, -0.15) is 0 Å². The lowest BCUT2D eigenvalue weighted by atomic mass is 10.1. The first-order valence-electron chi connectivity index (χ1n) is 9.44. The van der Waals surface area contributed by atoms with Crippen molar-refractivity contribution in [2.75, 3.05) is 19.9 Å². The number of carbonyl (C=O) groups is 2. The molecule has 0 fully saturated rings. The van der Waals surface area contributed by atoms with E-state index in [1.54, 1.807) is 30.8 Å². The summed E-state index contributed by atoms with van der Waals surface area (Å²) in [4.78, 5) is 27.1. The number of halogens is 1. The quantitative estimate of drug-likeness (QED) is 0.554. The molecule has 0 saturated carbocycles. The highest BCUT2D eigenvalue weighted by Gasteiger charge is 2.27. The summed E-state index contributed by atoms with van der Waals surface area (Å²) in [6.07, 6.45) is 0.548. The van der Waals surface area contributed by atoms with Crippen molar-refractivity contribution in [3.8, 4) is 5.75 Å². The zero-order valence-electron chi connectivity index (χ0n) is 17.0. The first-order valence-corrected chi connectivity index (χ1v) is 11.4. The third kappa shape index (κ3) is 7.08. The van der Waals surface area contributed by atoms with Crippen LogP contribution in [0.2, 0.25) is 0 Å². The van der Waals surface area contributed by atoms with Crippen LogP contribution in [0.3, 0.4) is 0 Å². The van der Waals surface area contributed by atoms with Crippen molar-refractivity contribution in [2.45, 2.75) is 31.7 Å². The van der Waals surface area contributed by atoms with Crippen molar-refractivity contribution in [1.29, 1.82) is 0 Å². The van der Waals surface area contributed by atoms with Crippen LogP contribution in [0.25, 0.3) is 0 Å². The maximum Gasteiger partial charge on any atom is 0.242 e. The summed E-state index contributed by atoms with van der Waals surface area (Å²) >= 11 is 4.98. The second-order valence-electron chi connectivity index (χ2n) is 6.53. The number of thioether (sulfide) groups is 1. The molecule has 0 bridgehead atoms. The van der Waals surface area contributed by atoms with Crippen LogP contribution in [0.15, 0.2) is 53.0 Å². The molecule has 29 heavy (non-hydrogen) atoms. The second-order valence-corrected chi connectivity index (χ2v) is 8.43. The van der Waals surface area contributed by atoms with Gasteiger partial charge in [-0.15, -0.1) is 11.8 Å². The molecule has 0 spiro atoms. The highest BCUT2D eigenvalue weighted by Crippen LogP contribution is 2.20. The second kappa shape index (κ2) is 11.9. The Bertz CT molecular complexity index is 814. The van der Waals surface area contributed by atoms with E-state index in [9.17, 15) is 9.59 Å². The van der Waals surface area contributed by atoms with Gasteiger partial charge in [0.15, 0.2) is 0 Å². The Morgan fingerprint density at radius 2 is 1.90 bits per heavy atom. The first-order chi connectivity index (χ1) is 14.0. The van der Waals surface area contributed by atoms with Crippen LogP contribution in [-0.4, -0.2) is 42.7 Å². The van der Waals surface area contributed by atoms with E-state index in [1.807, 2.05) is 55.5 Å². The topological polar surface area (TPSA) is 58.6 Å². The summed E-state index contributed by atoms with van der Waals surface area (Å²) in [5.74, 6) is 1.58. The SMILES string of the molecule is CC[C@H](C(=O)NC)N(Cc1cccc(OC)c1)C(=O)CSCc1ccc(Br)cc1. The molecule has 1 N–H and O–H groups in total. The molecular weight excluding hydrogens is 452 g/mol. The van der Waals surface area contributed by atoms with E-state index in [0.717, 1.165) is 27.1 Å². The lowest BCUT2D eigenvalue weighted by Gasteiger charge is -2.30. The van der Waals surface area contributed by atoms with E-state index in [2.05, 4.69) is 21.2 Å². The van der Waals surface area contributed by atoms with Crippen LogP contribution >= 0.6 is 27.7 Å². The summed E-state index contributed by atoms with van der Waals surface area (Å²) in [5.41, 5.74) is 2.08. The number of rotatable bonds is 10. The Morgan fingerprint density at radius 1 is 1.17 bits per heavy atom. The molecule has 0 unspecified atom stereocenters. The van der Waals surface area contributed by atoms with E-state index < -0.39 is 6.04 Å². The van der Waals surface area contributed by atoms with Gasteiger partial charge in [-0.25, -0.2) is 0 Å². The average Bonchev–Trinajstić information content (AvgIpc) is 2.74. The fourth-order valence-electron chi connectivity index (χ4n) is 2.97. The minimum Gasteiger partial charge on any atom is -0.497 e. The molecule has 0 radical (unpaired) electrons. The predicted octanol–water partition coefficient (Wildman–Crippen LogP) is 4.24. The van der Waals surface area contributed by atoms with E-state index in [0.29, 0.717) is 18.7 Å². The van der Waals surface area contributed by atoms with Gasteiger partial charge < -0.3 is 15.0 Å². The zero-order chi connectivity index (χ0) is 21.2. The molecule has 0 heterocycles. The Hall–Kier alpha value is -1.99. The van der Waals surface area contributed by atoms with Crippen LogP contribution in [0.4, 0.5) is 0 Å². The van der Waals surface area contributed by atoms with Crippen LogP contribution in [-0.2, 0) is 21.9 Å². The van der Waals surface area contributed by atoms with Gasteiger partial charge in [0.2, 0.25) is 11.8 Å². The van der Waals surface area contributed by atoms with Crippen molar-refractivity contribution in [3.05, 3.63) is 64.1 Å². The van der Waals surface area contributed by atoms with Crippen LogP contribution in [0.5, 0.6) is 5.75 Å². The molecular formula is C22H27BrN2O3S. The van der Waals surface area contributed by atoms with Crippen molar-refractivity contribution in [2.24, 2.45) is 0 Å². The molecule has 2 rings (SSSR count). The molecule has 156 valence electrons. The molecule has 0 saturated heterocycles. The number of likely N-dealkylation sites (N-methyl/N-ethyl adjacent to an activating group) is 1. The van der Waals surface area contributed by atoms with E-state index >= 15 is 0 Å². The fourth-order valence-corrected chi connectivity index (χ4v) is 4.11. The Balaban J connectivity index is 2.10. The first kappa shape index (κ1) is 23.3. The minimum absolute atomic E-state index is 0.0506. The number of ether oxygens (including phenoxy) is 1. The van der Waals surface area contributed by atoms with Crippen molar-refractivity contribution in [3.63, 3.8) is 0 Å². The average molecular weight is 479 g/mol. The van der Waals surface area contributed by atoms with E-state index in [-0.39, 0.29) is 11.8 Å². The molecule has 7 heteroatoms. The zero-order valence-corrected chi connectivity index (χ0v) is 19.4. The third-order valence-corrected chi connectivity index (χ3v) is 6.04. The highest BCUT2D eigenvalue weighted by atomic mass is 79.9. The van der Waals surface area contributed by atoms with Crippen LogP contribution < -0.4 is 10.1 Å². The standard InChI is InChI=1S/C22H27BrN2O3S/c1-4-20(22(27)24-2)25(13-17-6-5-7-19(12-17)28-3)21(26)15-29-14-16-8-10-18(23)11-9-16/h5-12,20H,4,13-15H2,1-3H3,(H,24,27)/t20-/m1/s1. The van der Waals surface area contributed by atoms with Gasteiger partial charge in [-0.05, 0) is 41.8 Å². The van der Waals surface area contributed by atoms with Gasteiger partial charge in [0, 0.05) is 23.8 Å². The number of carbonyl (C=O) groups excluding carboxylic acids is 2. The number of nitrogens with zero attached hydrogens (tertiary/aromatic N) is 1. The summed E-state index contributed by atoms with van der Waals surface area (Å²) in [7, 11) is 3.21. The normalized spacial score (nSPS) is 11.6. The van der Waals surface area contributed by atoms with Gasteiger partial charge in [0.05, 0.1) is 12.9 Å². The van der Waals surface area contributed by atoms with E-state index in [1.165, 1.54) is 0 Å². The molecule has 0 aliphatic heterocycles. The number of methoxy groups -OCH3 is 1. The van der Waals surface area contributed by atoms with E-state index in [4.69, 9.17) is 4.74 Å². The van der Waals surface area contributed by atoms with Gasteiger partial charge in [0.25, 0.3) is 0 Å². The van der Waals surface area contributed by atoms with Gasteiger partial charge in [-0.1, -0.05) is 47.1 Å². The largest absolute Gasteiger partial charge is 0.497 e. The molecule has 0 aliphatic carbocycles. The smallest absolute Gasteiger partial charge is 0.242 e. The summed E-state index contributed by atoms with van der Waals surface area (Å²) < 4.78 is 6.32. The fraction of sp³-hybridized carbons (Fsp3) is 0.364. The monoisotopic (exact) mass is 478 g/mol. The van der Waals surface area contributed by atoms with Crippen molar-refractivity contribution < 1.29 is 14.3 Å². The van der Waals surface area contributed by atoms with Crippen molar-refractivity contribution >= 4 is 39.5 Å². The molecule has 2 aromatic carbocycles. The lowest BCUT2D eigenvalue weighted by Crippen LogP contribution is -2.48. The number of hydrogen-bond acceptors (Lipinski definition) is 4. The summed E-state index contributed by atoms with van der Waals surface area (Å²) in [6.45, 7) is 2.28. The molecule has 2 amide bonds. The van der Waals surface area contributed by atoms with Crippen LogP contribution in [0.1, 0.15) is 24.5 Å². The molecule has 0 aliphatic rings. The molecule has 1 atom stereocenters. The third-order valence-electron chi connectivity index (χ3n) is 4.53. The highest BCUT2D eigenvalue weighted by molar-refractivity contribution is 9.10. The number of amides is 2. The molecule has 5 nitrogen and oxygen atoms in total. The van der Waals surface area contributed by atoms with Crippen LogP contribution in [0, 0.1) is 0 Å². The number of hydrogen-bond donors (Lipinski definition) is 1. The van der Waals surface area contributed by atoms with Gasteiger partial charge >= 0.3 is 0 Å². The molecule has 2 aromatic rings. The summed E-state index contributed by atoms with van der Waals surface area (Å²) in [5, 5.41) is 2.68. The summed E-state index contributed by atoms with van der Waals surface area (Å²) in [6, 6.07) is 15.1. The van der Waals surface area contributed by atoms with Gasteiger partial charge in [0.1, 0.15) is 11.8 Å². The maximum absolute atomic E-state index is 13.1. The van der Waals surface area contributed by atoms with Crippen molar-refractivity contribution in [1.82, 2.24) is 10.2 Å². The van der Waals surface area contributed by atoms with Gasteiger partial charge in [-0.3, -0.25) is 9.59 Å².